The Bertz CT molecular complexity index is 678. The summed E-state index contributed by atoms with van der Waals surface area (Å²) < 4.78 is 0. The van der Waals surface area contributed by atoms with Gasteiger partial charge in [-0.3, -0.25) is 4.90 Å². The van der Waals surface area contributed by atoms with Crippen molar-refractivity contribution in [2.75, 3.05) is 37.0 Å². The SMILES string of the molecule is C[C@@H]1SCCN(Cc2nc(N)nc(N(C)C)n2)[C@@H]1c1ccccc1. The molecule has 24 heavy (non-hydrogen) atoms. The van der Waals surface area contributed by atoms with Crippen molar-refractivity contribution in [2.24, 2.45) is 0 Å². The number of hydrogen-bond donors (Lipinski definition) is 1. The van der Waals surface area contributed by atoms with Crippen molar-refractivity contribution in [3.63, 3.8) is 0 Å². The summed E-state index contributed by atoms with van der Waals surface area (Å²) in [5.41, 5.74) is 7.20. The zero-order valence-corrected chi connectivity index (χ0v) is 15.2. The highest BCUT2D eigenvalue weighted by Gasteiger charge is 2.31. The summed E-state index contributed by atoms with van der Waals surface area (Å²) in [5, 5.41) is 0.522. The Kier molecular flexibility index (Phi) is 5.20. The minimum Gasteiger partial charge on any atom is -0.368 e. The predicted molar refractivity (Wildman–Crippen MR) is 100 cm³/mol. The Labute approximate surface area is 147 Å². The van der Waals surface area contributed by atoms with Gasteiger partial charge in [-0.05, 0) is 5.56 Å². The van der Waals surface area contributed by atoms with Crippen molar-refractivity contribution in [1.29, 1.82) is 0 Å². The second kappa shape index (κ2) is 7.36. The molecule has 0 bridgehead atoms. The lowest BCUT2D eigenvalue weighted by atomic mass is 10.0. The minimum absolute atomic E-state index is 0.277. The first-order valence-corrected chi connectivity index (χ1v) is 9.18. The third-order valence-electron chi connectivity index (χ3n) is 4.17. The van der Waals surface area contributed by atoms with Crippen LogP contribution in [-0.2, 0) is 6.54 Å². The zero-order valence-electron chi connectivity index (χ0n) is 14.4. The monoisotopic (exact) mass is 344 g/mol. The molecule has 128 valence electrons. The molecule has 2 aromatic rings. The Morgan fingerprint density at radius 3 is 2.67 bits per heavy atom. The highest BCUT2D eigenvalue weighted by atomic mass is 32.2. The van der Waals surface area contributed by atoms with Gasteiger partial charge in [0.25, 0.3) is 0 Å². The number of hydrogen-bond acceptors (Lipinski definition) is 7. The molecular formula is C17H24N6S. The lowest BCUT2D eigenvalue weighted by molar-refractivity contribution is 0.187. The van der Waals surface area contributed by atoms with Crippen molar-refractivity contribution in [2.45, 2.75) is 24.8 Å². The molecule has 1 aliphatic heterocycles. The van der Waals surface area contributed by atoms with Crippen LogP contribution in [0, 0.1) is 0 Å². The molecule has 0 amide bonds. The van der Waals surface area contributed by atoms with Crippen LogP contribution in [0.1, 0.15) is 24.4 Å². The van der Waals surface area contributed by atoms with Crippen molar-refractivity contribution in [3.8, 4) is 0 Å². The van der Waals surface area contributed by atoms with Crippen LogP contribution >= 0.6 is 11.8 Å². The van der Waals surface area contributed by atoms with Crippen LogP contribution in [0.25, 0.3) is 0 Å². The molecule has 0 spiro atoms. The van der Waals surface area contributed by atoms with Crippen LogP contribution in [-0.4, -0.2) is 51.5 Å². The number of aromatic nitrogens is 3. The van der Waals surface area contributed by atoms with Crippen LogP contribution < -0.4 is 10.6 Å². The summed E-state index contributed by atoms with van der Waals surface area (Å²) in [6.45, 7) is 3.98. The van der Waals surface area contributed by atoms with E-state index in [1.807, 2.05) is 30.8 Å². The van der Waals surface area contributed by atoms with E-state index >= 15 is 0 Å². The molecule has 2 N–H and O–H groups in total. The Morgan fingerprint density at radius 2 is 1.96 bits per heavy atom. The molecule has 1 aromatic carbocycles. The number of nitrogens with two attached hydrogens (primary N) is 1. The quantitative estimate of drug-likeness (QED) is 0.911. The molecule has 1 aliphatic rings. The van der Waals surface area contributed by atoms with Gasteiger partial charge in [0.05, 0.1) is 6.54 Å². The van der Waals surface area contributed by atoms with E-state index in [-0.39, 0.29) is 5.95 Å². The van der Waals surface area contributed by atoms with E-state index in [1.165, 1.54) is 5.56 Å². The van der Waals surface area contributed by atoms with Gasteiger partial charge in [0.2, 0.25) is 11.9 Å². The van der Waals surface area contributed by atoms with Crippen LogP contribution in [0.2, 0.25) is 0 Å². The molecule has 0 aliphatic carbocycles. The smallest absolute Gasteiger partial charge is 0.229 e. The largest absolute Gasteiger partial charge is 0.368 e. The normalized spacial score (nSPS) is 21.6. The van der Waals surface area contributed by atoms with E-state index in [9.17, 15) is 0 Å². The summed E-state index contributed by atoms with van der Waals surface area (Å²) >= 11 is 2.02. The van der Waals surface area contributed by atoms with Crippen molar-refractivity contribution in [1.82, 2.24) is 19.9 Å². The fourth-order valence-electron chi connectivity index (χ4n) is 3.07. The first-order chi connectivity index (χ1) is 11.5. The minimum atomic E-state index is 0.277. The fourth-order valence-corrected chi connectivity index (χ4v) is 4.29. The molecule has 0 saturated carbocycles. The molecule has 2 atom stereocenters. The summed E-state index contributed by atoms with van der Waals surface area (Å²) in [5.74, 6) is 2.73. The summed E-state index contributed by atoms with van der Waals surface area (Å²) in [6.07, 6.45) is 0. The van der Waals surface area contributed by atoms with Gasteiger partial charge in [0, 0.05) is 37.7 Å². The summed E-state index contributed by atoms with van der Waals surface area (Å²) in [4.78, 5) is 17.4. The van der Waals surface area contributed by atoms with Crippen LogP contribution in [0.4, 0.5) is 11.9 Å². The van der Waals surface area contributed by atoms with Crippen molar-refractivity contribution >= 4 is 23.7 Å². The van der Waals surface area contributed by atoms with E-state index in [2.05, 4.69) is 57.1 Å². The van der Waals surface area contributed by atoms with Gasteiger partial charge in [0.1, 0.15) is 5.82 Å². The number of anilines is 2. The number of nitrogen functional groups attached to an aromatic ring is 1. The Balaban J connectivity index is 1.87. The molecule has 3 rings (SSSR count). The Morgan fingerprint density at radius 1 is 1.21 bits per heavy atom. The topological polar surface area (TPSA) is 71.2 Å². The summed E-state index contributed by atoms with van der Waals surface area (Å²) in [6, 6.07) is 11.0. The second-order valence-electron chi connectivity index (χ2n) is 6.21. The molecule has 0 unspecified atom stereocenters. The van der Waals surface area contributed by atoms with Gasteiger partial charge in [-0.2, -0.15) is 26.7 Å². The van der Waals surface area contributed by atoms with E-state index in [0.29, 0.717) is 23.8 Å². The average molecular weight is 344 g/mol. The maximum Gasteiger partial charge on any atom is 0.229 e. The summed E-state index contributed by atoms with van der Waals surface area (Å²) in [7, 11) is 3.82. The van der Waals surface area contributed by atoms with Gasteiger partial charge >= 0.3 is 0 Å². The van der Waals surface area contributed by atoms with Crippen molar-refractivity contribution in [3.05, 3.63) is 41.7 Å². The van der Waals surface area contributed by atoms with Gasteiger partial charge in [-0.1, -0.05) is 37.3 Å². The maximum absolute atomic E-state index is 5.86. The van der Waals surface area contributed by atoms with Crippen LogP contribution in [0.5, 0.6) is 0 Å². The molecule has 1 aromatic heterocycles. The van der Waals surface area contributed by atoms with Crippen LogP contribution in [0.15, 0.2) is 30.3 Å². The highest BCUT2D eigenvalue weighted by molar-refractivity contribution is 8.00. The molecule has 7 heteroatoms. The molecule has 0 radical (unpaired) electrons. The number of benzene rings is 1. The molecule has 1 saturated heterocycles. The van der Waals surface area contributed by atoms with E-state index in [0.717, 1.165) is 18.1 Å². The van der Waals surface area contributed by atoms with E-state index < -0.39 is 0 Å². The fraction of sp³-hybridized carbons (Fsp3) is 0.471. The standard InChI is InChI=1S/C17H24N6S/c1-12-15(13-7-5-4-6-8-13)23(9-10-24-12)11-14-19-16(18)21-17(20-14)22(2)3/h4-8,12,15H,9-11H2,1-3H3,(H2,18,19,20,21)/t12-,15-/m0/s1. The van der Waals surface area contributed by atoms with E-state index in [4.69, 9.17) is 5.73 Å². The van der Waals surface area contributed by atoms with Gasteiger partial charge in [-0.25, -0.2) is 0 Å². The molecule has 1 fully saturated rings. The number of thioether (sulfide) groups is 1. The molecule has 2 heterocycles. The van der Waals surface area contributed by atoms with Gasteiger partial charge in [0.15, 0.2) is 0 Å². The third kappa shape index (κ3) is 3.79. The molecular weight excluding hydrogens is 320 g/mol. The number of rotatable bonds is 4. The van der Waals surface area contributed by atoms with Gasteiger partial charge in [-0.15, -0.1) is 0 Å². The van der Waals surface area contributed by atoms with E-state index in [1.54, 1.807) is 0 Å². The third-order valence-corrected chi connectivity index (χ3v) is 5.37. The van der Waals surface area contributed by atoms with Crippen molar-refractivity contribution < 1.29 is 0 Å². The first kappa shape index (κ1) is 17.0. The average Bonchev–Trinajstić information content (AvgIpc) is 2.55. The number of nitrogens with zero attached hydrogens (tertiary/aromatic N) is 5. The van der Waals surface area contributed by atoms with Gasteiger partial charge < -0.3 is 10.6 Å². The maximum atomic E-state index is 5.86. The first-order valence-electron chi connectivity index (χ1n) is 8.13. The second-order valence-corrected chi connectivity index (χ2v) is 7.69. The lowest BCUT2D eigenvalue weighted by Crippen LogP contribution is -2.40. The Hall–Kier alpha value is -1.86. The highest BCUT2D eigenvalue weighted by Crippen LogP contribution is 2.36. The molecule has 6 nitrogen and oxygen atoms in total. The zero-order chi connectivity index (χ0) is 17.1. The lowest BCUT2D eigenvalue weighted by Gasteiger charge is -2.39. The predicted octanol–water partition coefficient (Wildman–Crippen LogP) is 2.20. The van der Waals surface area contributed by atoms with Crippen LogP contribution in [0.3, 0.4) is 0 Å².